The van der Waals surface area contributed by atoms with Crippen molar-refractivity contribution in [1.82, 2.24) is 15.8 Å². The quantitative estimate of drug-likeness (QED) is 0.451. The minimum Gasteiger partial charge on any atom is -0.494 e. The lowest BCUT2D eigenvalue weighted by Gasteiger charge is -2.32. The largest absolute Gasteiger partial charge is 0.494 e. The Morgan fingerprint density at radius 2 is 1.80 bits per heavy atom. The fourth-order valence-corrected chi connectivity index (χ4v) is 3.50. The highest BCUT2D eigenvalue weighted by Gasteiger charge is 2.28. The number of hydrazine groups is 1. The third kappa shape index (κ3) is 7.69. The number of hydrogen-bond acceptors (Lipinski definition) is 4. The number of carbonyl (C=O) groups excluding carboxylic acids is 3. The van der Waals surface area contributed by atoms with Crippen LogP contribution in [0.1, 0.15) is 75.6 Å². The van der Waals surface area contributed by atoms with Crippen molar-refractivity contribution in [3.05, 3.63) is 29.8 Å². The average molecular weight is 418 g/mol. The topological polar surface area (TPSA) is 87.7 Å². The minimum atomic E-state index is -0.382. The van der Waals surface area contributed by atoms with Crippen LogP contribution in [0.3, 0.4) is 0 Å². The normalized spacial score (nSPS) is 16.1. The summed E-state index contributed by atoms with van der Waals surface area (Å²) in [5.41, 5.74) is 5.41. The maximum atomic E-state index is 12.4. The van der Waals surface area contributed by atoms with Crippen molar-refractivity contribution >= 4 is 17.7 Å². The Labute approximate surface area is 179 Å². The van der Waals surface area contributed by atoms with E-state index in [0.29, 0.717) is 38.1 Å². The zero-order chi connectivity index (χ0) is 21.8. The van der Waals surface area contributed by atoms with Gasteiger partial charge in [0, 0.05) is 25.1 Å². The summed E-state index contributed by atoms with van der Waals surface area (Å²) in [6.07, 6.45) is 7.38. The minimum absolute atomic E-state index is 0.0895. The molecule has 1 fully saturated rings. The van der Waals surface area contributed by atoms with Gasteiger partial charge in [-0.3, -0.25) is 25.2 Å². The molecule has 1 heterocycles. The average Bonchev–Trinajstić information content (AvgIpc) is 2.77. The van der Waals surface area contributed by atoms with E-state index in [-0.39, 0.29) is 23.6 Å². The lowest BCUT2D eigenvalue weighted by molar-refractivity contribution is -0.136. The predicted molar refractivity (Wildman–Crippen MR) is 116 cm³/mol. The number of unbranched alkanes of at least 4 members (excludes halogenated alkanes) is 3. The molecular formula is C23H35N3O4. The van der Waals surface area contributed by atoms with E-state index in [9.17, 15) is 14.4 Å². The number of ether oxygens (including phenoxy) is 1. The Kier molecular flexibility index (Phi) is 10.2. The monoisotopic (exact) mass is 417 g/mol. The molecule has 0 aliphatic carbocycles. The van der Waals surface area contributed by atoms with E-state index in [1.807, 2.05) is 6.92 Å². The first-order valence-electron chi connectivity index (χ1n) is 11.2. The number of piperidine rings is 1. The molecule has 166 valence electrons. The molecule has 1 saturated heterocycles. The molecule has 3 amide bonds. The van der Waals surface area contributed by atoms with Gasteiger partial charge >= 0.3 is 0 Å². The number of nitrogens with zero attached hydrogens (tertiary/aromatic N) is 1. The van der Waals surface area contributed by atoms with Crippen LogP contribution in [-0.2, 0) is 9.59 Å². The van der Waals surface area contributed by atoms with Crippen LogP contribution < -0.4 is 15.6 Å². The Hall–Kier alpha value is -2.57. The lowest BCUT2D eigenvalue weighted by Crippen LogP contribution is -2.50. The first-order valence-corrected chi connectivity index (χ1v) is 11.2. The molecule has 1 aliphatic heterocycles. The SMILES string of the molecule is CCCCCCOc1ccc(C(=O)NNC(=O)C2CCCN(C(=O)CCC)C2)cc1. The molecule has 1 aromatic rings. The summed E-state index contributed by atoms with van der Waals surface area (Å²) in [5, 5.41) is 0. The third-order valence-corrected chi connectivity index (χ3v) is 5.29. The molecule has 2 rings (SSSR count). The van der Waals surface area contributed by atoms with Gasteiger partial charge in [0.1, 0.15) is 5.75 Å². The van der Waals surface area contributed by atoms with Crippen molar-refractivity contribution in [1.29, 1.82) is 0 Å². The van der Waals surface area contributed by atoms with E-state index >= 15 is 0 Å². The molecule has 2 N–H and O–H groups in total. The summed E-state index contributed by atoms with van der Waals surface area (Å²) in [6, 6.07) is 6.87. The van der Waals surface area contributed by atoms with Crippen molar-refractivity contribution in [3.63, 3.8) is 0 Å². The van der Waals surface area contributed by atoms with Gasteiger partial charge in [0.15, 0.2) is 0 Å². The maximum absolute atomic E-state index is 12.4. The summed E-state index contributed by atoms with van der Waals surface area (Å²) in [7, 11) is 0. The van der Waals surface area contributed by atoms with Crippen LogP contribution in [0.4, 0.5) is 0 Å². The highest BCUT2D eigenvalue weighted by molar-refractivity contribution is 5.95. The molecular weight excluding hydrogens is 382 g/mol. The second-order valence-electron chi connectivity index (χ2n) is 7.81. The number of nitrogens with one attached hydrogen (secondary N) is 2. The first-order chi connectivity index (χ1) is 14.5. The molecule has 30 heavy (non-hydrogen) atoms. The summed E-state index contributed by atoms with van der Waals surface area (Å²) in [5.74, 6) is -0.127. The van der Waals surface area contributed by atoms with E-state index in [2.05, 4.69) is 17.8 Å². The van der Waals surface area contributed by atoms with Gasteiger partial charge < -0.3 is 9.64 Å². The van der Waals surface area contributed by atoms with E-state index < -0.39 is 0 Å². The fraction of sp³-hybridized carbons (Fsp3) is 0.609. The maximum Gasteiger partial charge on any atom is 0.269 e. The van der Waals surface area contributed by atoms with Gasteiger partial charge in [-0.25, -0.2) is 0 Å². The van der Waals surface area contributed by atoms with Gasteiger partial charge in [0.25, 0.3) is 5.91 Å². The van der Waals surface area contributed by atoms with Crippen LogP contribution in [0.25, 0.3) is 0 Å². The van der Waals surface area contributed by atoms with Gasteiger partial charge in [-0.05, 0) is 49.9 Å². The van der Waals surface area contributed by atoms with E-state index in [1.165, 1.54) is 12.8 Å². The Morgan fingerprint density at radius 1 is 1.03 bits per heavy atom. The number of amides is 3. The molecule has 0 bridgehead atoms. The molecule has 7 heteroatoms. The molecule has 7 nitrogen and oxygen atoms in total. The second-order valence-corrected chi connectivity index (χ2v) is 7.81. The molecule has 1 aromatic carbocycles. The van der Waals surface area contributed by atoms with Crippen molar-refractivity contribution in [2.45, 2.75) is 65.2 Å². The second kappa shape index (κ2) is 12.9. The van der Waals surface area contributed by atoms with Crippen LogP contribution in [0.5, 0.6) is 5.75 Å². The molecule has 0 aromatic heterocycles. The summed E-state index contributed by atoms with van der Waals surface area (Å²) < 4.78 is 5.68. The smallest absolute Gasteiger partial charge is 0.269 e. The van der Waals surface area contributed by atoms with Crippen LogP contribution in [-0.4, -0.2) is 42.3 Å². The van der Waals surface area contributed by atoms with Crippen LogP contribution in [0.15, 0.2) is 24.3 Å². The van der Waals surface area contributed by atoms with Crippen LogP contribution in [0, 0.1) is 5.92 Å². The predicted octanol–water partition coefficient (Wildman–Crippen LogP) is 3.45. The van der Waals surface area contributed by atoms with Gasteiger partial charge in [-0.2, -0.15) is 0 Å². The molecule has 0 saturated carbocycles. The molecule has 0 spiro atoms. The first kappa shape index (κ1) is 23.7. The zero-order valence-corrected chi connectivity index (χ0v) is 18.2. The molecule has 1 atom stereocenters. The van der Waals surface area contributed by atoms with Gasteiger partial charge in [-0.15, -0.1) is 0 Å². The van der Waals surface area contributed by atoms with Crippen LogP contribution in [0.2, 0.25) is 0 Å². The van der Waals surface area contributed by atoms with Crippen molar-refractivity contribution in [2.24, 2.45) is 5.92 Å². The van der Waals surface area contributed by atoms with Crippen molar-refractivity contribution in [3.8, 4) is 5.75 Å². The Balaban J connectivity index is 1.75. The molecule has 1 aliphatic rings. The number of benzene rings is 1. The van der Waals surface area contributed by atoms with Crippen molar-refractivity contribution in [2.75, 3.05) is 19.7 Å². The number of rotatable bonds is 10. The van der Waals surface area contributed by atoms with E-state index in [0.717, 1.165) is 31.4 Å². The fourth-order valence-electron chi connectivity index (χ4n) is 3.50. The standard InChI is InChI=1S/C23H35N3O4/c1-3-5-6-7-16-30-20-13-11-18(12-14-20)22(28)24-25-23(29)19-10-8-15-26(17-19)21(27)9-4-2/h11-14,19H,3-10,15-17H2,1-2H3,(H,24,28)(H,25,29). The molecule has 1 unspecified atom stereocenters. The number of carbonyl (C=O) groups is 3. The van der Waals surface area contributed by atoms with Crippen LogP contribution >= 0.6 is 0 Å². The lowest BCUT2D eigenvalue weighted by atomic mass is 9.97. The highest BCUT2D eigenvalue weighted by atomic mass is 16.5. The Bertz CT molecular complexity index is 690. The van der Waals surface area contributed by atoms with Gasteiger partial charge in [-0.1, -0.05) is 33.1 Å². The number of likely N-dealkylation sites (tertiary alicyclic amines) is 1. The highest BCUT2D eigenvalue weighted by Crippen LogP contribution is 2.18. The Morgan fingerprint density at radius 3 is 2.50 bits per heavy atom. The summed E-state index contributed by atoms with van der Waals surface area (Å²) >= 11 is 0. The summed E-state index contributed by atoms with van der Waals surface area (Å²) in [4.78, 5) is 38.5. The molecule has 0 radical (unpaired) electrons. The third-order valence-electron chi connectivity index (χ3n) is 5.29. The van der Waals surface area contributed by atoms with E-state index in [4.69, 9.17) is 4.74 Å². The number of hydrogen-bond donors (Lipinski definition) is 2. The van der Waals surface area contributed by atoms with E-state index in [1.54, 1.807) is 29.2 Å². The van der Waals surface area contributed by atoms with Gasteiger partial charge in [0.05, 0.1) is 12.5 Å². The zero-order valence-electron chi connectivity index (χ0n) is 18.2. The summed E-state index contributed by atoms with van der Waals surface area (Å²) in [6.45, 7) is 5.91. The van der Waals surface area contributed by atoms with Crippen molar-refractivity contribution < 1.29 is 19.1 Å². The van der Waals surface area contributed by atoms with Gasteiger partial charge in [0.2, 0.25) is 11.8 Å².